The van der Waals surface area contributed by atoms with Crippen molar-refractivity contribution >= 4 is 17.5 Å². The van der Waals surface area contributed by atoms with E-state index in [1.807, 2.05) is 18.2 Å². The Hall–Kier alpha value is -1.66. The number of hydrogen-bond donors (Lipinski definition) is 1. The van der Waals surface area contributed by atoms with Crippen LogP contribution in [0.2, 0.25) is 5.02 Å². The first-order chi connectivity index (χ1) is 12.2. The second-order valence-electron chi connectivity index (χ2n) is 6.65. The maximum atomic E-state index is 12.2. The first-order valence-corrected chi connectivity index (χ1v) is 9.69. The highest BCUT2D eigenvalue weighted by Crippen LogP contribution is 2.31. The number of rotatable bonds is 7. The number of carbonyl (C=O) groups excluding carboxylic acids is 1. The molecule has 136 valence electrons. The number of carbonyl (C=O) groups is 1. The molecule has 0 spiro atoms. The summed E-state index contributed by atoms with van der Waals surface area (Å²) >= 11 is 6.00. The Morgan fingerprint density at radius 2 is 2.00 bits per heavy atom. The van der Waals surface area contributed by atoms with Crippen LogP contribution in [0.3, 0.4) is 0 Å². The molecule has 25 heavy (non-hydrogen) atoms. The predicted octanol–water partition coefficient (Wildman–Crippen LogP) is 4.84. The van der Waals surface area contributed by atoms with Crippen LogP contribution in [-0.2, 0) is 4.79 Å². The SMILES string of the molecule is CCCCC1CCC(C(=O)NCC#CCOc2ccccc2Cl)CC1. The van der Waals surface area contributed by atoms with E-state index >= 15 is 0 Å². The number of benzene rings is 1. The molecule has 1 aliphatic carbocycles. The van der Waals surface area contributed by atoms with Crippen LogP contribution >= 0.6 is 11.6 Å². The lowest BCUT2D eigenvalue weighted by Gasteiger charge is -2.27. The minimum Gasteiger partial charge on any atom is -0.479 e. The van der Waals surface area contributed by atoms with Crippen LogP contribution in [0.5, 0.6) is 5.75 Å². The Morgan fingerprint density at radius 1 is 1.24 bits per heavy atom. The van der Waals surface area contributed by atoms with Crippen molar-refractivity contribution < 1.29 is 9.53 Å². The lowest BCUT2D eigenvalue weighted by atomic mass is 9.79. The van der Waals surface area contributed by atoms with Gasteiger partial charge in [0.15, 0.2) is 0 Å². The zero-order valence-electron chi connectivity index (χ0n) is 15.0. The molecule has 1 aromatic carbocycles. The van der Waals surface area contributed by atoms with Crippen molar-refractivity contribution in [1.29, 1.82) is 0 Å². The summed E-state index contributed by atoms with van der Waals surface area (Å²) in [7, 11) is 0. The number of unbranched alkanes of at least 4 members (excludes halogenated alkanes) is 1. The minimum absolute atomic E-state index is 0.148. The van der Waals surface area contributed by atoms with Gasteiger partial charge in [0.2, 0.25) is 5.91 Å². The second kappa shape index (κ2) is 11.1. The zero-order valence-corrected chi connectivity index (χ0v) is 15.8. The van der Waals surface area contributed by atoms with Crippen molar-refractivity contribution in [3.05, 3.63) is 29.3 Å². The first-order valence-electron chi connectivity index (χ1n) is 9.31. The Labute approximate surface area is 156 Å². The van der Waals surface area contributed by atoms with Crippen LogP contribution in [0.25, 0.3) is 0 Å². The molecule has 0 aromatic heterocycles. The smallest absolute Gasteiger partial charge is 0.223 e. The van der Waals surface area contributed by atoms with E-state index in [0.29, 0.717) is 17.3 Å². The summed E-state index contributed by atoms with van der Waals surface area (Å²) in [5, 5.41) is 3.50. The van der Waals surface area contributed by atoms with Gasteiger partial charge in [0, 0.05) is 5.92 Å². The molecule has 0 aliphatic heterocycles. The lowest BCUT2D eigenvalue weighted by molar-refractivity contribution is -0.125. The van der Waals surface area contributed by atoms with E-state index in [4.69, 9.17) is 16.3 Å². The van der Waals surface area contributed by atoms with Gasteiger partial charge in [-0.25, -0.2) is 0 Å². The van der Waals surface area contributed by atoms with Gasteiger partial charge in [-0.2, -0.15) is 0 Å². The third-order valence-electron chi connectivity index (χ3n) is 4.80. The summed E-state index contributed by atoms with van der Waals surface area (Å²) in [5.41, 5.74) is 0. The van der Waals surface area contributed by atoms with Crippen LogP contribution in [-0.4, -0.2) is 19.1 Å². The van der Waals surface area contributed by atoms with Gasteiger partial charge in [-0.15, -0.1) is 0 Å². The summed E-state index contributed by atoms with van der Waals surface area (Å²) in [6, 6.07) is 7.31. The molecular formula is C21H28ClNO2. The summed E-state index contributed by atoms with van der Waals surface area (Å²) in [5.74, 6) is 7.60. The molecule has 1 N–H and O–H groups in total. The van der Waals surface area contributed by atoms with E-state index in [0.717, 1.165) is 18.8 Å². The average Bonchev–Trinajstić information content (AvgIpc) is 2.64. The highest BCUT2D eigenvalue weighted by Gasteiger charge is 2.25. The molecule has 0 heterocycles. The molecule has 1 amide bonds. The molecular weight excluding hydrogens is 334 g/mol. The molecule has 1 fully saturated rings. The number of nitrogens with one attached hydrogen (secondary N) is 1. The molecule has 0 bridgehead atoms. The quantitative estimate of drug-likeness (QED) is 0.706. The van der Waals surface area contributed by atoms with E-state index in [9.17, 15) is 4.79 Å². The number of para-hydroxylation sites is 1. The fourth-order valence-corrected chi connectivity index (χ4v) is 3.46. The molecule has 1 saturated carbocycles. The van der Waals surface area contributed by atoms with E-state index in [1.54, 1.807) is 6.07 Å². The standard InChI is InChI=1S/C21H28ClNO2/c1-2-3-8-17-11-13-18(14-12-17)21(24)23-15-6-7-16-25-20-10-5-4-9-19(20)22/h4-5,9-10,17-18H,2-3,8,11-16H2,1H3,(H,23,24). The summed E-state index contributed by atoms with van der Waals surface area (Å²) in [6.45, 7) is 2.88. The van der Waals surface area contributed by atoms with E-state index in [1.165, 1.54) is 32.1 Å². The van der Waals surface area contributed by atoms with E-state index < -0.39 is 0 Å². The predicted molar refractivity (Wildman–Crippen MR) is 103 cm³/mol. The normalized spacial score (nSPS) is 19.6. The topological polar surface area (TPSA) is 38.3 Å². The van der Waals surface area contributed by atoms with Crippen LogP contribution in [0.15, 0.2) is 24.3 Å². The Morgan fingerprint density at radius 3 is 2.72 bits per heavy atom. The van der Waals surface area contributed by atoms with Gasteiger partial charge >= 0.3 is 0 Å². The number of halogens is 1. The van der Waals surface area contributed by atoms with Crippen LogP contribution in [0.1, 0.15) is 51.9 Å². The average molecular weight is 362 g/mol. The largest absolute Gasteiger partial charge is 0.479 e. The van der Waals surface area contributed by atoms with Crippen molar-refractivity contribution in [1.82, 2.24) is 5.32 Å². The highest BCUT2D eigenvalue weighted by atomic mass is 35.5. The molecule has 0 saturated heterocycles. The molecule has 0 atom stereocenters. The van der Waals surface area contributed by atoms with Gasteiger partial charge in [0.05, 0.1) is 11.6 Å². The van der Waals surface area contributed by atoms with Crippen LogP contribution in [0, 0.1) is 23.7 Å². The molecule has 2 rings (SSSR count). The van der Waals surface area contributed by atoms with Gasteiger partial charge < -0.3 is 10.1 Å². The first kappa shape index (κ1) is 19.7. The zero-order chi connectivity index (χ0) is 17.9. The summed E-state index contributed by atoms with van der Waals surface area (Å²) in [6.07, 6.45) is 8.31. The summed E-state index contributed by atoms with van der Waals surface area (Å²) < 4.78 is 5.49. The third-order valence-corrected chi connectivity index (χ3v) is 5.11. The van der Waals surface area contributed by atoms with Gasteiger partial charge in [-0.3, -0.25) is 4.79 Å². The maximum absolute atomic E-state index is 12.2. The van der Waals surface area contributed by atoms with Gasteiger partial charge in [-0.1, -0.05) is 61.8 Å². The fourth-order valence-electron chi connectivity index (χ4n) is 3.27. The minimum atomic E-state index is 0.148. The van der Waals surface area contributed by atoms with Crippen molar-refractivity contribution in [3.63, 3.8) is 0 Å². The van der Waals surface area contributed by atoms with Gasteiger partial charge in [0.25, 0.3) is 0 Å². The Balaban J connectivity index is 1.61. The van der Waals surface area contributed by atoms with E-state index in [2.05, 4.69) is 24.1 Å². The highest BCUT2D eigenvalue weighted by molar-refractivity contribution is 6.32. The second-order valence-corrected chi connectivity index (χ2v) is 7.06. The molecule has 1 aromatic rings. The van der Waals surface area contributed by atoms with Crippen LogP contribution in [0.4, 0.5) is 0 Å². The molecule has 4 heteroatoms. The van der Waals surface area contributed by atoms with Crippen molar-refractivity contribution in [3.8, 4) is 17.6 Å². The van der Waals surface area contributed by atoms with Crippen molar-refractivity contribution in [2.75, 3.05) is 13.2 Å². The lowest BCUT2D eigenvalue weighted by Crippen LogP contribution is -2.33. The number of ether oxygens (including phenoxy) is 1. The molecule has 0 radical (unpaired) electrons. The Bertz CT molecular complexity index is 597. The third kappa shape index (κ3) is 7.00. The summed E-state index contributed by atoms with van der Waals surface area (Å²) in [4.78, 5) is 12.2. The number of amides is 1. The van der Waals surface area contributed by atoms with Gasteiger partial charge in [0.1, 0.15) is 12.4 Å². The monoisotopic (exact) mass is 361 g/mol. The molecule has 1 aliphatic rings. The van der Waals surface area contributed by atoms with Gasteiger partial charge in [-0.05, 0) is 43.7 Å². The van der Waals surface area contributed by atoms with Crippen LogP contribution < -0.4 is 10.1 Å². The molecule has 0 unspecified atom stereocenters. The number of hydrogen-bond acceptors (Lipinski definition) is 2. The van der Waals surface area contributed by atoms with Crippen molar-refractivity contribution in [2.45, 2.75) is 51.9 Å². The van der Waals surface area contributed by atoms with Crippen molar-refractivity contribution in [2.24, 2.45) is 11.8 Å². The Kier molecular flexibility index (Phi) is 8.69. The van der Waals surface area contributed by atoms with E-state index in [-0.39, 0.29) is 18.4 Å². The fraction of sp³-hybridized carbons (Fsp3) is 0.571. The molecule has 3 nitrogen and oxygen atoms in total. The maximum Gasteiger partial charge on any atom is 0.223 e.